The Bertz CT molecular complexity index is 1330. The first-order valence-electron chi connectivity index (χ1n) is 14.0. The van der Waals surface area contributed by atoms with Gasteiger partial charge < -0.3 is 9.47 Å². The number of ether oxygens (including phenoxy) is 2. The zero-order chi connectivity index (χ0) is 28.5. The maximum Gasteiger partial charge on any atom is 0.201 e. The van der Waals surface area contributed by atoms with E-state index in [4.69, 9.17) is 9.47 Å². The van der Waals surface area contributed by atoms with Gasteiger partial charge in [0.1, 0.15) is 0 Å². The summed E-state index contributed by atoms with van der Waals surface area (Å²) in [6.07, 6.45) is 9.35. The minimum Gasteiger partial charge on any atom is -0.490 e. The SMILES string of the molecule is C=CCCOc1ccc(-c2ccc(CCc3ccc(C4=CCC(OCCCC)CC4)c(F)c3F)cc2)c(F)c1F. The number of halogens is 4. The lowest BCUT2D eigenvalue weighted by Crippen LogP contribution is -2.16. The van der Waals surface area contributed by atoms with E-state index >= 15 is 4.39 Å². The van der Waals surface area contributed by atoms with Crippen LogP contribution in [-0.4, -0.2) is 19.3 Å². The van der Waals surface area contributed by atoms with Gasteiger partial charge in [0.15, 0.2) is 23.2 Å². The largest absolute Gasteiger partial charge is 0.490 e. The smallest absolute Gasteiger partial charge is 0.201 e. The van der Waals surface area contributed by atoms with Crippen molar-refractivity contribution in [3.8, 4) is 16.9 Å². The third-order valence-corrected chi connectivity index (χ3v) is 7.30. The Hall–Kier alpha value is -3.38. The Kier molecular flexibility index (Phi) is 10.6. The van der Waals surface area contributed by atoms with Gasteiger partial charge in [0.2, 0.25) is 5.82 Å². The van der Waals surface area contributed by atoms with Crippen LogP contribution < -0.4 is 4.74 Å². The quantitative estimate of drug-likeness (QED) is 0.119. The van der Waals surface area contributed by atoms with Gasteiger partial charge in [-0.05, 0) is 79.3 Å². The monoisotopic (exact) mass is 552 g/mol. The van der Waals surface area contributed by atoms with E-state index in [1.165, 1.54) is 12.1 Å². The van der Waals surface area contributed by atoms with Crippen LogP contribution in [0.15, 0.2) is 67.3 Å². The van der Waals surface area contributed by atoms with Crippen molar-refractivity contribution >= 4 is 5.57 Å². The summed E-state index contributed by atoms with van der Waals surface area (Å²) in [5.74, 6) is -3.77. The molecule has 212 valence electrons. The van der Waals surface area contributed by atoms with Crippen LogP contribution in [0.2, 0.25) is 0 Å². The van der Waals surface area contributed by atoms with Crippen LogP contribution in [0, 0.1) is 23.3 Å². The summed E-state index contributed by atoms with van der Waals surface area (Å²) >= 11 is 0. The maximum absolute atomic E-state index is 15.0. The number of rotatable bonds is 13. The summed E-state index contributed by atoms with van der Waals surface area (Å²) in [7, 11) is 0. The first-order valence-corrected chi connectivity index (χ1v) is 14.0. The molecule has 4 rings (SSSR count). The van der Waals surface area contributed by atoms with Gasteiger partial charge in [0.05, 0.1) is 12.7 Å². The fourth-order valence-electron chi connectivity index (χ4n) is 4.88. The van der Waals surface area contributed by atoms with Gasteiger partial charge in [0, 0.05) is 17.7 Å². The number of benzene rings is 3. The molecule has 1 aliphatic rings. The predicted molar refractivity (Wildman–Crippen MR) is 152 cm³/mol. The molecule has 0 N–H and O–H groups in total. The van der Waals surface area contributed by atoms with Crippen molar-refractivity contribution in [2.75, 3.05) is 13.2 Å². The van der Waals surface area contributed by atoms with Crippen molar-refractivity contribution < 1.29 is 27.0 Å². The molecule has 0 aromatic heterocycles. The molecule has 1 aliphatic carbocycles. The molecule has 1 atom stereocenters. The van der Waals surface area contributed by atoms with E-state index in [0.29, 0.717) is 48.8 Å². The second kappa shape index (κ2) is 14.3. The highest BCUT2D eigenvalue weighted by molar-refractivity contribution is 5.67. The number of allylic oxidation sites excluding steroid dienone is 1. The van der Waals surface area contributed by atoms with Gasteiger partial charge in [-0.25, -0.2) is 13.2 Å². The van der Waals surface area contributed by atoms with Gasteiger partial charge in [-0.15, -0.1) is 6.58 Å². The average molecular weight is 553 g/mol. The average Bonchev–Trinajstić information content (AvgIpc) is 2.97. The molecule has 0 heterocycles. The van der Waals surface area contributed by atoms with E-state index in [1.807, 2.05) is 6.08 Å². The number of unbranched alkanes of at least 4 members (excludes halogenated alkanes) is 1. The third kappa shape index (κ3) is 7.22. The zero-order valence-corrected chi connectivity index (χ0v) is 23.0. The zero-order valence-electron chi connectivity index (χ0n) is 23.0. The van der Waals surface area contributed by atoms with Crippen molar-refractivity contribution in [2.45, 2.75) is 64.4 Å². The van der Waals surface area contributed by atoms with E-state index in [2.05, 4.69) is 13.5 Å². The highest BCUT2D eigenvalue weighted by Crippen LogP contribution is 2.33. The van der Waals surface area contributed by atoms with E-state index in [1.54, 1.807) is 42.5 Å². The Labute approximate surface area is 234 Å². The molecule has 2 nitrogen and oxygen atoms in total. The van der Waals surface area contributed by atoms with Crippen molar-refractivity contribution in [3.05, 3.63) is 107 Å². The normalized spacial score (nSPS) is 15.1. The first kappa shape index (κ1) is 29.6. The Morgan fingerprint density at radius 2 is 1.60 bits per heavy atom. The highest BCUT2D eigenvalue weighted by atomic mass is 19.2. The summed E-state index contributed by atoms with van der Waals surface area (Å²) in [6.45, 7) is 6.65. The summed E-state index contributed by atoms with van der Waals surface area (Å²) in [6, 6.07) is 13.2. The summed E-state index contributed by atoms with van der Waals surface area (Å²) in [4.78, 5) is 0. The molecule has 1 unspecified atom stereocenters. The molecule has 3 aromatic rings. The standard InChI is InChI=1S/C34H36F4O2/c1-3-5-21-39-27-16-13-25(14-17-27)28-18-15-26(31(35)32(28)36)12-9-23-7-10-24(11-8-23)29-19-20-30(34(38)33(29)37)40-22-6-4-2/h4,7-8,10-11,13,15,18-20,27H,2-3,5-6,9,12,14,16-17,21-22H2,1H3. The predicted octanol–water partition coefficient (Wildman–Crippen LogP) is 9.40. The minimum absolute atomic E-state index is 0.125. The maximum atomic E-state index is 15.0. The van der Waals surface area contributed by atoms with E-state index in [9.17, 15) is 13.2 Å². The van der Waals surface area contributed by atoms with Crippen LogP contribution >= 0.6 is 0 Å². The Morgan fingerprint density at radius 3 is 2.30 bits per heavy atom. The molecule has 0 radical (unpaired) electrons. The van der Waals surface area contributed by atoms with Gasteiger partial charge >= 0.3 is 0 Å². The highest BCUT2D eigenvalue weighted by Gasteiger charge is 2.21. The van der Waals surface area contributed by atoms with Gasteiger partial charge in [-0.2, -0.15) is 4.39 Å². The summed E-state index contributed by atoms with van der Waals surface area (Å²) in [5.41, 5.74) is 2.97. The van der Waals surface area contributed by atoms with Gasteiger partial charge in [-0.1, -0.05) is 61.9 Å². The first-order chi connectivity index (χ1) is 19.4. The Morgan fingerprint density at radius 1 is 0.850 bits per heavy atom. The number of aryl methyl sites for hydroxylation is 2. The van der Waals surface area contributed by atoms with Crippen molar-refractivity contribution in [1.82, 2.24) is 0 Å². The molecule has 0 spiro atoms. The fraction of sp³-hybridized carbons (Fsp3) is 0.353. The lowest BCUT2D eigenvalue weighted by Gasteiger charge is -2.23. The molecule has 0 saturated heterocycles. The number of hydrogen-bond donors (Lipinski definition) is 0. The number of hydrogen-bond acceptors (Lipinski definition) is 2. The molecule has 0 amide bonds. The Balaban J connectivity index is 1.38. The van der Waals surface area contributed by atoms with Crippen molar-refractivity contribution in [1.29, 1.82) is 0 Å². The second-order valence-electron chi connectivity index (χ2n) is 10.1. The molecule has 0 bridgehead atoms. The fourth-order valence-corrected chi connectivity index (χ4v) is 4.88. The molecule has 0 saturated carbocycles. The van der Waals surface area contributed by atoms with Gasteiger partial charge in [0.25, 0.3) is 0 Å². The second-order valence-corrected chi connectivity index (χ2v) is 10.1. The topological polar surface area (TPSA) is 18.5 Å². The van der Waals surface area contributed by atoms with Crippen molar-refractivity contribution in [2.24, 2.45) is 0 Å². The van der Waals surface area contributed by atoms with Crippen LogP contribution in [0.4, 0.5) is 17.6 Å². The minimum atomic E-state index is -1.03. The molecule has 0 fully saturated rings. The molecule has 0 aliphatic heterocycles. The van der Waals surface area contributed by atoms with Crippen LogP contribution in [0.25, 0.3) is 16.7 Å². The lowest BCUT2D eigenvalue weighted by molar-refractivity contribution is 0.0466. The summed E-state index contributed by atoms with van der Waals surface area (Å²) < 4.78 is 70.3. The van der Waals surface area contributed by atoms with E-state index in [0.717, 1.165) is 37.0 Å². The van der Waals surface area contributed by atoms with Crippen LogP contribution in [0.1, 0.15) is 62.1 Å². The lowest BCUT2D eigenvalue weighted by atomic mass is 9.90. The summed E-state index contributed by atoms with van der Waals surface area (Å²) in [5, 5.41) is 0. The molecule has 40 heavy (non-hydrogen) atoms. The molecule has 3 aromatic carbocycles. The van der Waals surface area contributed by atoms with E-state index < -0.39 is 23.3 Å². The van der Waals surface area contributed by atoms with Crippen molar-refractivity contribution in [3.63, 3.8) is 0 Å². The molecular formula is C34H36F4O2. The van der Waals surface area contributed by atoms with Gasteiger partial charge in [-0.3, -0.25) is 0 Å². The van der Waals surface area contributed by atoms with E-state index in [-0.39, 0.29) is 24.0 Å². The molecular weight excluding hydrogens is 516 g/mol. The van der Waals surface area contributed by atoms with Crippen LogP contribution in [0.5, 0.6) is 5.75 Å². The van der Waals surface area contributed by atoms with Crippen LogP contribution in [-0.2, 0) is 17.6 Å². The third-order valence-electron chi connectivity index (χ3n) is 7.30. The molecule has 6 heteroatoms. The van der Waals surface area contributed by atoms with Crippen LogP contribution in [0.3, 0.4) is 0 Å².